The Labute approximate surface area is 135 Å². The van der Waals surface area contributed by atoms with Crippen molar-refractivity contribution in [1.29, 1.82) is 0 Å². The average Bonchev–Trinajstić information content (AvgIpc) is 2.49. The maximum atomic E-state index is 10.6. The van der Waals surface area contributed by atoms with Gasteiger partial charge in [0.1, 0.15) is 0 Å². The molecule has 0 aromatic heterocycles. The molecule has 6 heteroatoms. The van der Waals surface area contributed by atoms with E-state index in [0.29, 0.717) is 6.61 Å². The largest absolute Gasteiger partial charge is 0.374 e. The summed E-state index contributed by atoms with van der Waals surface area (Å²) in [6.07, 6.45) is 1.02. The molecule has 0 radical (unpaired) electrons. The van der Waals surface area contributed by atoms with E-state index in [1.54, 1.807) is 0 Å². The van der Waals surface area contributed by atoms with E-state index in [0.717, 1.165) is 11.8 Å². The summed E-state index contributed by atoms with van der Waals surface area (Å²) in [6.45, 7) is 10.9. The summed E-state index contributed by atoms with van der Waals surface area (Å²) >= 11 is 0. The van der Waals surface area contributed by atoms with E-state index in [4.69, 9.17) is 4.74 Å². The van der Waals surface area contributed by atoms with Crippen molar-refractivity contribution in [2.24, 2.45) is 0 Å². The van der Waals surface area contributed by atoms with Crippen molar-refractivity contribution < 1.29 is 17.3 Å². The first-order valence-corrected chi connectivity index (χ1v) is 9.43. The van der Waals surface area contributed by atoms with Gasteiger partial charge in [0.05, 0.1) is 26.1 Å². The minimum atomic E-state index is -3.35. The van der Waals surface area contributed by atoms with Gasteiger partial charge in [-0.1, -0.05) is 51.1 Å². The van der Waals surface area contributed by atoms with Crippen LogP contribution in [-0.2, 0) is 25.6 Å². The molecule has 0 N–H and O–H groups in total. The lowest BCUT2D eigenvalue weighted by Crippen LogP contribution is -2.21. The van der Waals surface area contributed by atoms with Crippen LogP contribution in [0.1, 0.15) is 26.3 Å². The first-order valence-electron chi connectivity index (χ1n) is 7.61. The van der Waals surface area contributed by atoms with Crippen molar-refractivity contribution >= 4 is 10.1 Å². The molecule has 0 unspecified atom stereocenters. The van der Waals surface area contributed by atoms with Crippen LogP contribution < -0.4 is 0 Å². The van der Waals surface area contributed by atoms with E-state index < -0.39 is 10.1 Å². The summed E-state index contributed by atoms with van der Waals surface area (Å²) in [5, 5.41) is 0. The van der Waals surface area contributed by atoms with Crippen LogP contribution in [0.15, 0.2) is 30.3 Å². The quantitative estimate of drug-likeness (QED) is 0.514. The Morgan fingerprint density at radius 3 is 1.91 bits per heavy atom. The zero-order chi connectivity index (χ0) is 16.8. The average molecular weight is 331 g/mol. The molecule has 0 aliphatic heterocycles. The molecule has 0 bridgehead atoms. The third-order valence-corrected chi connectivity index (χ3v) is 3.57. The third kappa shape index (κ3) is 12.8. The molecule has 5 nitrogen and oxygen atoms in total. The second kappa shape index (κ2) is 12.6. The highest BCUT2D eigenvalue weighted by atomic mass is 32.2. The summed E-state index contributed by atoms with van der Waals surface area (Å²) in [4.78, 5) is 2.38. The van der Waals surface area contributed by atoms with Crippen LogP contribution in [0.25, 0.3) is 0 Å². The Bertz CT molecular complexity index is 453. The monoisotopic (exact) mass is 331 g/mol. The van der Waals surface area contributed by atoms with Gasteiger partial charge in [0.15, 0.2) is 0 Å². The summed E-state index contributed by atoms with van der Waals surface area (Å²) in [6, 6.07) is 9.66. The minimum absolute atomic E-state index is 0.0612. The first kappa shape index (κ1) is 21.0. The van der Waals surface area contributed by atoms with E-state index in [1.165, 1.54) is 19.6 Å². The Hall–Kier alpha value is -0.950. The molecular formula is C16H29NO4S. The zero-order valence-corrected chi connectivity index (χ0v) is 14.9. The molecule has 22 heavy (non-hydrogen) atoms. The predicted octanol–water partition coefficient (Wildman–Crippen LogP) is 2.53. The third-order valence-electron chi connectivity index (χ3n) is 2.98. The van der Waals surface area contributed by atoms with Crippen LogP contribution in [0.2, 0.25) is 0 Å². The standard InChI is InChI=1S/C10H14O4S.C6H15N/c1-15(11,12)14-8-7-13-9-10-5-3-2-4-6-10;1-4-7(5-2)6-3/h2-6H,7-9H2,1H3;4-6H2,1-3H3. The van der Waals surface area contributed by atoms with Crippen molar-refractivity contribution in [3.8, 4) is 0 Å². The van der Waals surface area contributed by atoms with Gasteiger partial charge in [0, 0.05) is 0 Å². The van der Waals surface area contributed by atoms with Gasteiger partial charge in [-0.3, -0.25) is 4.18 Å². The van der Waals surface area contributed by atoms with Gasteiger partial charge in [0.2, 0.25) is 0 Å². The summed E-state index contributed by atoms with van der Waals surface area (Å²) in [7, 11) is -3.35. The van der Waals surface area contributed by atoms with Crippen LogP contribution in [0.4, 0.5) is 0 Å². The highest BCUT2D eigenvalue weighted by Crippen LogP contribution is 2.00. The van der Waals surface area contributed by atoms with E-state index in [-0.39, 0.29) is 13.2 Å². The van der Waals surface area contributed by atoms with Crippen LogP contribution >= 0.6 is 0 Å². The normalized spacial score (nSPS) is 11.1. The van der Waals surface area contributed by atoms with Crippen LogP contribution in [0.5, 0.6) is 0 Å². The van der Waals surface area contributed by atoms with Gasteiger partial charge in [-0.25, -0.2) is 0 Å². The number of rotatable bonds is 9. The molecule has 1 aromatic rings. The van der Waals surface area contributed by atoms with Gasteiger partial charge in [-0.15, -0.1) is 0 Å². The fraction of sp³-hybridized carbons (Fsp3) is 0.625. The molecule has 0 heterocycles. The van der Waals surface area contributed by atoms with Crippen molar-refractivity contribution in [3.63, 3.8) is 0 Å². The molecule has 0 fully saturated rings. The molecule has 0 spiro atoms. The molecule has 1 aromatic carbocycles. The number of benzene rings is 1. The van der Waals surface area contributed by atoms with E-state index >= 15 is 0 Å². The molecule has 0 saturated carbocycles. The first-order chi connectivity index (χ1) is 10.4. The molecule has 0 amide bonds. The Balaban J connectivity index is 0.000000534. The fourth-order valence-electron chi connectivity index (χ4n) is 1.68. The number of hydrogen-bond donors (Lipinski definition) is 0. The van der Waals surface area contributed by atoms with Crippen LogP contribution in [-0.4, -0.2) is 52.4 Å². The molecule has 0 atom stereocenters. The topological polar surface area (TPSA) is 55.8 Å². The van der Waals surface area contributed by atoms with Gasteiger partial charge in [-0.05, 0) is 25.2 Å². The predicted molar refractivity (Wildman–Crippen MR) is 90.4 cm³/mol. The highest BCUT2D eigenvalue weighted by molar-refractivity contribution is 7.85. The van der Waals surface area contributed by atoms with Gasteiger partial charge >= 0.3 is 0 Å². The van der Waals surface area contributed by atoms with Crippen LogP contribution in [0.3, 0.4) is 0 Å². The molecule has 0 aliphatic carbocycles. The highest BCUT2D eigenvalue weighted by Gasteiger charge is 2.00. The second-order valence-corrected chi connectivity index (χ2v) is 6.33. The van der Waals surface area contributed by atoms with Crippen molar-refractivity contribution in [1.82, 2.24) is 4.90 Å². The number of hydrogen-bond acceptors (Lipinski definition) is 5. The number of nitrogens with zero attached hydrogens (tertiary/aromatic N) is 1. The minimum Gasteiger partial charge on any atom is -0.374 e. The molecule has 1 rings (SSSR count). The Morgan fingerprint density at radius 1 is 0.955 bits per heavy atom. The molecule has 128 valence electrons. The van der Waals surface area contributed by atoms with Crippen molar-refractivity contribution in [2.45, 2.75) is 27.4 Å². The van der Waals surface area contributed by atoms with Gasteiger partial charge in [0.25, 0.3) is 10.1 Å². The lowest BCUT2D eigenvalue weighted by Gasteiger charge is -2.13. The summed E-state index contributed by atoms with van der Waals surface area (Å²) in [5.74, 6) is 0. The molecule has 0 saturated heterocycles. The van der Waals surface area contributed by atoms with E-state index in [1.807, 2.05) is 30.3 Å². The van der Waals surface area contributed by atoms with Gasteiger partial charge < -0.3 is 9.64 Å². The lowest BCUT2D eigenvalue weighted by molar-refractivity contribution is 0.0911. The van der Waals surface area contributed by atoms with E-state index in [2.05, 4.69) is 29.9 Å². The second-order valence-electron chi connectivity index (χ2n) is 4.68. The fourth-order valence-corrected chi connectivity index (χ4v) is 2.05. The molecule has 0 aliphatic rings. The summed E-state index contributed by atoms with van der Waals surface area (Å²) in [5.41, 5.74) is 1.05. The Kier molecular flexibility index (Phi) is 12.0. The lowest BCUT2D eigenvalue weighted by atomic mass is 10.2. The number of ether oxygens (including phenoxy) is 1. The maximum Gasteiger partial charge on any atom is 0.264 e. The van der Waals surface area contributed by atoms with Gasteiger partial charge in [-0.2, -0.15) is 8.42 Å². The van der Waals surface area contributed by atoms with E-state index in [9.17, 15) is 8.42 Å². The van der Waals surface area contributed by atoms with Crippen molar-refractivity contribution in [2.75, 3.05) is 39.1 Å². The van der Waals surface area contributed by atoms with Crippen molar-refractivity contribution in [3.05, 3.63) is 35.9 Å². The zero-order valence-electron chi connectivity index (χ0n) is 14.1. The SMILES string of the molecule is CCN(CC)CC.CS(=O)(=O)OCCOCc1ccccc1. The van der Waals surface area contributed by atoms with Crippen LogP contribution in [0, 0.1) is 0 Å². The maximum absolute atomic E-state index is 10.6. The summed E-state index contributed by atoms with van der Waals surface area (Å²) < 4.78 is 30.9. The smallest absolute Gasteiger partial charge is 0.264 e. The Morgan fingerprint density at radius 2 is 1.50 bits per heavy atom. The molecular weight excluding hydrogens is 302 g/mol.